The number of rotatable bonds is 0. The van der Waals surface area contributed by atoms with Crippen molar-refractivity contribution in [2.45, 2.75) is 55.4 Å². The van der Waals surface area contributed by atoms with Gasteiger partial charge in [-0.3, -0.25) is 0 Å². The van der Waals surface area contributed by atoms with Crippen molar-refractivity contribution in [1.29, 1.82) is 0 Å². The molecule has 0 saturated carbocycles. The zero-order valence-electron chi connectivity index (χ0n) is 14.9. The second-order valence-electron chi connectivity index (χ2n) is 5.35. The molecule has 7 heteroatoms. The Bertz CT molecular complexity index is 434. The minimum atomic E-state index is -1.08. The van der Waals surface area contributed by atoms with Gasteiger partial charge in [-0.15, -0.1) is 0 Å². The number of carboxylic acid groups (broad SMARTS) is 3. The van der Waals surface area contributed by atoms with E-state index in [0.29, 0.717) is 5.41 Å². The molecule has 0 saturated heterocycles. The molecule has 23 heavy (non-hydrogen) atoms. The van der Waals surface area contributed by atoms with Crippen LogP contribution in [0, 0.1) is 5.41 Å². The van der Waals surface area contributed by atoms with Gasteiger partial charge in [0.1, 0.15) is 0 Å². The predicted octanol–water partition coefficient (Wildman–Crippen LogP) is -0.548. The van der Waals surface area contributed by atoms with Gasteiger partial charge in [-0.2, -0.15) is 0 Å². The van der Waals surface area contributed by atoms with Crippen LogP contribution in [0.3, 0.4) is 0 Å². The van der Waals surface area contributed by atoms with E-state index >= 15 is 0 Å². The number of carboxylic acids is 3. The summed E-state index contributed by atoms with van der Waals surface area (Å²) in [7, 11) is 0. The van der Waals surface area contributed by atoms with Crippen molar-refractivity contribution in [2.75, 3.05) is 0 Å². The average molecular weight is 360 g/mol. The summed E-state index contributed by atoms with van der Waals surface area (Å²) in [6.45, 7) is 14.2. The minimum absolute atomic E-state index is 0.314. The summed E-state index contributed by atoms with van der Waals surface area (Å²) < 4.78 is 1.53. The van der Waals surface area contributed by atoms with Crippen molar-refractivity contribution in [3.63, 3.8) is 0 Å². The Labute approximate surface area is 149 Å². The molecule has 0 fully saturated rings. The molecule has 0 radical (unpaired) electrons. The molecule has 0 atom stereocenters. The van der Waals surface area contributed by atoms with E-state index in [1.54, 1.807) is 0 Å². The van der Waals surface area contributed by atoms with Crippen molar-refractivity contribution in [3.8, 4) is 0 Å². The van der Waals surface area contributed by atoms with Gasteiger partial charge in [-0.25, -0.2) is 0 Å². The molecule has 0 aromatic rings. The monoisotopic (exact) mass is 360 g/mol. The van der Waals surface area contributed by atoms with Crippen LogP contribution in [0.1, 0.15) is 55.4 Å². The quantitative estimate of drug-likeness (QED) is 0.535. The first-order valence-electron chi connectivity index (χ1n) is 6.72. The van der Waals surface area contributed by atoms with Gasteiger partial charge in [0.25, 0.3) is 0 Å². The van der Waals surface area contributed by atoms with Crippen molar-refractivity contribution in [1.82, 2.24) is 0 Å². The van der Waals surface area contributed by atoms with Crippen molar-refractivity contribution >= 4 is 17.9 Å². The van der Waals surface area contributed by atoms with Crippen LogP contribution in [0.15, 0.2) is 20.6 Å². The topological polar surface area (TPSA) is 120 Å². The van der Waals surface area contributed by atoms with Crippen LogP contribution in [0.5, 0.6) is 0 Å². The second kappa shape index (κ2) is 12.1. The molecule has 0 N–H and O–H groups in total. The van der Waals surface area contributed by atoms with Crippen LogP contribution < -0.4 is 15.3 Å². The van der Waals surface area contributed by atoms with E-state index in [1.165, 1.54) is 20.6 Å². The van der Waals surface area contributed by atoms with Gasteiger partial charge in [-0.1, -0.05) is 0 Å². The van der Waals surface area contributed by atoms with Gasteiger partial charge in [-0.05, 0) is 20.8 Å². The molecule has 0 aromatic heterocycles. The van der Waals surface area contributed by atoms with Gasteiger partial charge in [0.2, 0.25) is 0 Å². The Morgan fingerprint density at radius 1 is 0.783 bits per heavy atom. The summed E-state index contributed by atoms with van der Waals surface area (Å²) in [5.74, 6) is -3.25. The normalized spacial score (nSPS) is 14.5. The van der Waals surface area contributed by atoms with Crippen LogP contribution in [0.25, 0.3) is 0 Å². The van der Waals surface area contributed by atoms with Crippen molar-refractivity contribution < 1.29 is 50.1 Å². The summed E-state index contributed by atoms with van der Waals surface area (Å²) >= 11 is 2.25. The van der Waals surface area contributed by atoms with E-state index in [9.17, 15) is 0 Å². The maximum absolute atomic E-state index is 8.89. The molecular weight excluding hydrogens is 336 g/mol. The molecule has 1 aliphatic rings. The Balaban J connectivity index is -0.000000278. The molecular formula is C16H24O6Ti. The number of carbonyl (C=O) groups is 3. The summed E-state index contributed by atoms with van der Waals surface area (Å²) in [6.07, 6.45) is 0. The first kappa shape index (κ1) is 26.5. The first-order chi connectivity index (χ1) is 10.1. The van der Waals surface area contributed by atoms with Crippen LogP contribution in [0.2, 0.25) is 0 Å². The zero-order chi connectivity index (χ0) is 19.5. The van der Waals surface area contributed by atoms with E-state index in [-0.39, 0.29) is 0 Å². The van der Waals surface area contributed by atoms with Gasteiger partial charge in [0, 0.05) is 17.9 Å². The average Bonchev–Trinajstić information content (AvgIpc) is 2.43. The summed E-state index contributed by atoms with van der Waals surface area (Å²) in [5.41, 5.74) is 4.83. The van der Waals surface area contributed by atoms with Gasteiger partial charge in [0.15, 0.2) is 0 Å². The molecule has 0 heterocycles. The fourth-order valence-electron chi connectivity index (χ4n) is 1.59. The Hall–Kier alpha value is -1.40. The SMILES string of the molecule is CC(=O)[O-].CC(=O)[O-].CC(=O)[O-].CC1=C(C)C(C)(C)[C]([Ti+3])=C1C. The van der Waals surface area contributed by atoms with Crippen molar-refractivity contribution in [3.05, 3.63) is 20.6 Å². The molecule has 0 aromatic carbocycles. The van der Waals surface area contributed by atoms with E-state index in [0.717, 1.165) is 20.8 Å². The maximum atomic E-state index is 8.89. The van der Waals surface area contributed by atoms with E-state index in [4.69, 9.17) is 29.7 Å². The summed E-state index contributed by atoms with van der Waals surface area (Å²) in [5, 5.41) is 26.7. The summed E-state index contributed by atoms with van der Waals surface area (Å²) in [6, 6.07) is 0. The van der Waals surface area contributed by atoms with Crippen LogP contribution in [0.4, 0.5) is 0 Å². The van der Waals surface area contributed by atoms with Gasteiger partial charge in [0.05, 0.1) is 0 Å². The Morgan fingerprint density at radius 2 is 1.00 bits per heavy atom. The molecule has 1 aliphatic carbocycles. The Morgan fingerprint density at radius 3 is 1.04 bits per heavy atom. The molecule has 0 amide bonds. The molecule has 6 nitrogen and oxygen atoms in total. The standard InChI is InChI=1S/C10H15.3C2H4O2.Ti/c1-7-6-10(4,5)9(3)8(7)2;3*1-2(3)4;/h1-5H3;3*1H3,(H,3,4);/q;;;;+3/p-3. The van der Waals surface area contributed by atoms with Crippen LogP contribution in [-0.2, 0) is 34.8 Å². The van der Waals surface area contributed by atoms with Gasteiger partial charge >= 0.3 is 81.1 Å². The summed E-state index contributed by atoms with van der Waals surface area (Å²) in [4.78, 5) is 26.7. The molecule has 128 valence electrons. The molecule has 0 unspecified atom stereocenters. The number of allylic oxidation sites excluding steroid dienone is 4. The van der Waals surface area contributed by atoms with E-state index < -0.39 is 17.9 Å². The Kier molecular flexibility index (Phi) is 13.9. The molecule has 0 bridgehead atoms. The predicted molar refractivity (Wildman–Crippen MR) is 76.9 cm³/mol. The molecule has 1 rings (SSSR count). The first-order valence-corrected chi connectivity index (χ1v) is 7.51. The fourth-order valence-corrected chi connectivity index (χ4v) is 2.18. The third-order valence-corrected chi connectivity index (χ3v) is 4.62. The van der Waals surface area contributed by atoms with Crippen LogP contribution >= 0.6 is 0 Å². The third-order valence-electron chi connectivity index (χ3n) is 3.06. The molecule has 0 aliphatic heterocycles. The number of aliphatic carboxylic acids is 3. The van der Waals surface area contributed by atoms with Gasteiger partial charge < -0.3 is 29.7 Å². The zero-order valence-corrected chi connectivity index (χ0v) is 16.5. The fraction of sp³-hybridized carbons (Fsp3) is 0.562. The number of hydrogen-bond donors (Lipinski definition) is 0. The van der Waals surface area contributed by atoms with Crippen molar-refractivity contribution in [2.24, 2.45) is 5.41 Å². The number of carbonyl (C=O) groups excluding carboxylic acids is 3. The number of hydrogen-bond acceptors (Lipinski definition) is 6. The van der Waals surface area contributed by atoms with E-state index in [2.05, 4.69) is 55.1 Å². The second-order valence-corrected chi connectivity index (χ2v) is 6.13. The molecule has 0 spiro atoms. The van der Waals surface area contributed by atoms with Crippen LogP contribution in [-0.4, -0.2) is 17.9 Å². The third kappa shape index (κ3) is 14.0. The van der Waals surface area contributed by atoms with E-state index in [1.807, 2.05) is 0 Å².